The summed E-state index contributed by atoms with van der Waals surface area (Å²) in [5, 5.41) is 21.3. The molecule has 1 aliphatic heterocycles. The van der Waals surface area contributed by atoms with Gasteiger partial charge in [0.05, 0.1) is 36.3 Å². The van der Waals surface area contributed by atoms with Gasteiger partial charge in [-0.25, -0.2) is 9.98 Å². The number of amidine groups is 1. The van der Waals surface area contributed by atoms with Gasteiger partial charge in [0.25, 0.3) is 11.8 Å². The average molecular weight is 865 g/mol. The Hall–Kier alpha value is -7.06. The lowest BCUT2D eigenvalue weighted by molar-refractivity contribution is 0.0962. The number of rotatable bonds is 19. The van der Waals surface area contributed by atoms with E-state index in [1.807, 2.05) is 39.8 Å². The molecule has 2 aromatic carbocycles. The topological polar surface area (TPSA) is 256 Å². The van der Waals surface area contributed by atoms with Crippen molar-refractivity contribution in [1.82, 2.24) is 44.6 Å². The van der Waals surface area contributed by atoms with Crippen LogP contribution in [-0.4, -0.2) is 116 Å². The van der Waals surface area contributed by atoms with Gasteiger partial charge in [-0.2, -0.15) is 10.2 Å². The summed E-state index contributed by atoms with van der Waals surface area (Å²) < 4.78 is 17.0. The SMILES string of the molecule is CCn1nc(C)cc1C(=O)NC(C)=Nc1cc(C(N)=O)cc(OCCCN2CCNCC2)c1NC/C=C/Cn1c(NC(=O)c2cc(C)nn2CC)nc2cc(C(N)=O)cc(OC)c21. The Bertz CT molecular complexity index is 2550. The zero-order valence-electron chi connectivity index (χ0n) is 36.6. The van der Waals surface area contributed by atoms with E-state index < -0.39 is 17.7 Å². The van der Waals surface area contributed by atoms with Gasteiger partial charge in [-0.15, -0.1) is 0 Å². The molecule has 4 amide bonds. The van der Waals surface area contributed by atoms with Crippen molar-refractivity contribution in [2.24, 2.45) is 16.5 Å². The monoisotopic (exact) mass is 864 g/mol. The first kappa shape index (κ1) is 45.5. The van der Waals surface area contributed by atoms with Crippen molar-refractivity contribution < 1.29 is 28.7 Å². The van der Waals surface area contributed by atoms with E-state index in [1.165, 1.54) is 13.2 Å². The molecule has 8 N–H and O–H groups in total. The first-order chi connectivity index (χ1) is 30.3. The molecule has 1 fully saturated rings. The number of fused-ring (bicyclic) bond motifs is 1. The molecule has 0 radical (unpaired) electrons. The first-order valence-electron chi connectivity index (χ1n) is 20.9. The molecule has 334 valence electrons. The lowest BCUT2D eigenvalue weighted by atomic mass is 10.1. The number of aliphatic imine (C=N–C) groups is 1. The summed E-state index contributed by atoms with van der Waals surface area (Å²) in [6.07, 6.45) is 4.47. The number of benzene rings is 2. The van der Waals surface area contributed by atoms with Crippen molar-refractivity contribution in [3.8, 4) is 11.5 Å². The summed E-state index contributed by atoms with van der Waals surface area (Å²) in [6, 6.07) is 9.60. The Balaban J connectivity index is 1.29. The largest absolute Gasteiger partial charge is 0.494 e. The number of nitrogens with zero attached hydrogens (tertiary/aromatic N) is 8. The normalized spacial score (nSPS) is 13.4. The minimum Gasteiger partial charge on any atom is -0.494 e. The molecular weight excluding hydrogens is 809 g/mol. The van der Waals surface area contributed by atoms with Gasteiger partial charge in [0.15, 0.2) is 0 Å². The third kappa shape index (κ3) is 11.1. The van der Waals surface area contributed by atoms with Crippen LogP contribution < -0.4 is 42.2 Å². The van der Waals surface area contributed by atoms with Crippen LogP contribution >= 0.6 is 0 Å². The maximum absolute atomic E-state index is 13.6. The van der Waals surface area contributed by atoms with Gasteiger partial charge < -0.3 is 46.4 Å². The Kier molecular flexibility index (Phi) is 14.9. The molecule has 0 bridgehead atoms. The number of imidazole rings is 1. The molecule has 0 unspecified atom stereocenters. The van der Waals surface area contributed by atoms with E-state index in [0.29, 0.717) is 76.4 Å². The lowest BCUT2D eigenvalue weighted by Gasteiger charge is -2.27. The molecular formula is C43H56N14O6. The molecule has 1 saturated heterocycles. The number of methoxy groups -OCH3 is 1. The maximum atomic E-state index is 13.6. The zero-order chi connectivity index (χ0) is 45.2. The van der Waals surface area contributed by atoms with Crippen LogP contribution in [0.5, 0.6) is 11.5 Å². The molecule has 0 saturated carbocycles. The number of amides is 4. The number of hydrogen-bond acceptors (Lipinski definition) is 13. The molecule has 0 aliphatic carbocycles. The summed E-state index contributed by atoms with van der Waals surface area (Å²) >= 11 is 0. The minimum absolute atomic E-state index is 0.179. The van der Waals surface area contributed by atoms with Crippen LogP contribution in [0, 0.1) is 13.8 Å². The van der Waals surface area contributed by atoms with E-state index in [0.717, 1.165) is 39.1 Å². The predicted octanol–water partition coefficient (Wildman–Crippen LogP) is 3.37. The van der Waals surface area contributed by atoms with E-state index in [9.17, 15) is 19.2 Å². The highest BCUT2D eigenvalue weighted by Crippen LogP contribution is 2.37. The third-order valence-electron chi connectivity index (χ3n) is 10.3. The first-order valence-corrected chi connectivity index (χ1v) is 20.9. The van der Waals surface area contributed by atoms with Crippen LogP contribution in [0.4, 0.5) is 17.3 Å². The standard InChI is InChI=1S/C43H56N14O6/c1-7-56-33(20-26(3)52-56)41(60)49-28(5)48-31-22-29(39(44)58)24-35(63-19-11-15-54-17-13-46-14-18-54)37(31)47-12-9-10-16-55-38-32(23-30(40(45)59)25-36(38)62-6)50-43(55)51-42(61)34-21-27(4)53-57(34)8-2/h9-10,20-25,46-47H,7-8,11-19H2,1-6H3,(H2,44,58)(H2,45,59)(H,48,49,60)(H,50,51,61)/b10-9+. The summed E-state index contributed by atoms with van der Waals surface area (Å²) in [6.45, 7) is 15.5. The molecule has 63 heavy (non-hydrogen) atoms. The molecule has 0 atom stereocenters. The minimum atomic E-state index is -0.671. The quantitative estimate of drug-likeness (QED) is 0.0303. The number of ether oxygens (including phenoxy) is 2. The van der Waals surface area contributed by atoms with Gasteiger partial charge in [-0.05, 0) is 77.4 Å². The second kappa shape index (κ2) is 20.7. The van der Waals surface area contributed by atoms with E-state index in [4.69, 9.17) is 25.9 Å². The van der Waals surface area contributed by atoms with Crippen molar-refractivity contribution in [3.63, 3.8) is 0 Å². The summed E-state index contributed by atoms with van der Waals surface area (Å²) in [7, 11) is 1.47. The number of anilines is 2. The highest BCUT2D eigenvalue weighted by Gasteiger charge is 2.22. The van der Waals surface area contributed by atoms with Gasteiger partial charge in [0.2, 0.25) is 17.8 Å². The Labute approximate surface area is 365 Å². The number of nitrogens with two attached hydrogens (primary N) is 2. The van der Waals surface area contributed by atoms with Gasteiger partial charge in [-0.3, -0.25) is 33.9 Å². The number of carbonyl (C=O) groups is 4. The number of hydrogen-bond donors (Lipinski definition) is 6. The fourth-order valence-electron chi connectivity index (χ4n) is 7.29. The Morgan fingerprint density at radius 2 is 1.51 bits per heavy atom. The fourth-order valence-corrected chi connectivity index (χ4v) is 7.29. The zero-order valence-corrected chi connectivity index (χ0v) is 36.6. The molecule has 1 aliphatic rings. The Morgan fingerprint density at radius 3 is 2.14 bits per heavy atom. The molecule has 6 rings (SSSR count). The highest BCUT2D eigenvalue weighted by molar-refractivity contribution is 6.06. The number of carbonyl (C=O) groups excluding carboxylic acids is 4. The lowest BCUT2D eigenvalue weighted by Crippen LogP contribution is -2.43. The number of allylic oxidation sites excluding steroid dienone is 1. The van der Waals surface area contributed by atoms with Gasteiger partial charge in [-0.1, -0.05) is 12.2 Å². The fraction of sp³-hybridized carbons (Fsp3) is 0.395. The number of aryl methyl sites for hydroxylation is 4. The van der Waals surface area contributed by atoms with Crippen molar-refractivity contribution in [3.05, 3.63) is 82.5 Å². The number of piperazine rings is 1. The number of nitrogens with one attached hydrogen (secondary N) is 4. The van der Waals surface area contributed by atoms with Crippen LogP contribution in [-0.2, 0) is 19.6 Å². The van der Waals surface area contributed by atoms with Crippen molar-refractivity contribution in [1.29, 1.82) is 0 Å². The van der Waals surface area contributed by atoms with E-state index in [-0.39, 0.29) is 41.9 Å². The van der Waals surface area contributed by atoms with Gasteiger partial charge in [0, 0.05) is 70.0 Å². The highest BCUT2D eigenvalue weighted by atomic mass is 16.5. The molecule has 20 nitrogen and oxygen atoms in total. The summed E-state index contributed by atoms with van der Waals surface area (Å²) in [5.41, 5.74) is 15.6. The summed E-state index contributed by atoms with van der Waals surface area (Å²) in [4.78, 5) is 63.5. The predicted molar refractivity (Wildman–Crippen MR) is 240 cm³/mol. The number of primary amides is 2. The molecule has 3 aromatic heterocycles. The van der Waals surface area contributed by atoms with Crippen LogP contribution in [0.2, 0.25) is 0 Å². The van der Waals surface area contributed by atoms with Crippen LogP contribution in [0.15, 0.2) is 53.5 Å². The maximum Gasteiger partial charge on any atom is 0.276 e. The molecule has 0 spiro atoms. The van der Waals surface area contributed by atoms with Gasteiger partial charge >= 0.3 is 0 Å². The van der Waals surface area contributed by atoms with Gasteiger partial charge in [0.1, 0.15) is 39.9 Å². The third-order valence-corrected chi connectivity index (χ3v) is 10.3. The smallest absolute Gasteiger partial charge is 0.276 e. The van der Waals surface area contributed by atoms with E-state index in [1.54, 1.807) is 51.2 Å². The van der Waals surface area contributed by atoms with Crippen molar-refractivity contribution in [2.75, 3.05) is 63.6 Å². The molecule has 20 heteroatoms. The Morgan fingerprint density at radius 1 is 0.873 bits per heavy atom. The molecule has 5 aromatic rings. The average Bonchev–Trinajstić information content (AvgIpc) is 3.95. The van der Waals surface area contributed by atoms with Crippen molar-refractivity contribution >= 4 is 57.8 Å². The second-order valence-electron chi connectivity index (χ2n) is 14.9. The molecule has 4 heterocycles. The summed E-state index contributed by atoms with van der Waals surface area (Å²) in [5.74, 6) is -0.964. The van der Waals surface area contributed by atoms with Crippen molar-refractivity contribution in [2.45, 2.75) is 60.7 Å². The van der Waals surface area contributed by atoms with Crippen LogP contribution in [0.25, 0.3) is 11.0 Å². The van der Waals surface area contributed by atoms with Crippen LogP contribution in [0.1, 0.15) is 80.3 Å². The van der Waals surface area contributed by atoms with E-state index in [2.05, 4.69) is 41.3 Å². The van der Waals surface area contributed by atoms with E-state index >= 15 is 0 Å². The van der Waals surface area contributed by atoms with Crippen LogP contribution in [0.3, 0.4) is 0 Å². The number of aromatic nitrogens is 6. The second-order valence-corrected chi connectivity index (χ2v) is 14.9.